The molecule has 2 aromatic heterocycles. The summed E-state index contributed by atoms with van der Waals surface area (Å²) >= 11 is 2.55. The number of rotatable bonds is 6. The highest BCUT2D eigenvalue weighted by Crippen LogP contribution is 2.27. The van der Waals surface area contributed by atoms with Crippen LogP contribution in [0.1, 0.15) is 47.7 Å². The average molecular weight is 433 g/mol. The van der Waals surface area contributed by atoms with Crippen molar-refractivity contribution in [2.75, 3.05) is 0 Å². The molecule has 0 bridgehead atoms. The summed E-state index contributed by atoms with van der Waals surface area (Å²) in [5.41, 5.74) is 0.179. The molecule has 1 N–H and O–H groups in total. The average Bonchev–Trinajstić information content (AvgIpc) is 3.34. The van der Waals surface area contributed by atoms with Gasteiger partial charge in [0.05, 0.1) is 6.54 Å². The van der Waals surface area contributed by atoms with Crippen LogP contribution in [0.2, 0.25) is 0 Å². The van der Waals surface area contributed by atoms with Gasteiger partial charge in [0.2, 0.25) is 5.91 Å². The van der Waals surface area contributed by atoms with E-state index in [1.54, 1.807) is 5.38 Å². The number of nitrogens with zero attached hydrogens (tertiary/aromatic N) is 3. The number of hydrogen-bond donors (Lipinski definition) is 1. The van der Waals surface area contributed by atoms with Crippen LogP contribution in [0.4, 0.5) is 4.39 Å². The fourth-order valence-electron chi connectivity index (χ4n) is 2.81. The third-order valence-electron chi connectivity index (χ3n) is 3.99. The van der Waals surface area contributed by atoms with Gasteiger partial charge in [-0.1, -0.05) is 22.7 Å². The van der Waals surface area contributed by atoms with Crippen molar-refractivity contribution in [3.63, 3.8) is 0 Å². The Bertz CT molecular complexity index is 952. The van der Waals surface area contributed by atoms with Crippen LogP contribution in [-0.2, 0) is 11.3 Å². The molecule has 2 amide bonds. The Morgan fingerprint density at radius 3 is 2.48 bits per heavy atom. The van der Waals surface area contributed by atoms with Crippen molar-refractivity contribution in [1.82, 2.24) is 19.8 Å². The molecule has 152 valence electrons. The highest BCUT2D eigenvalue weighted by atomic mass is 32.1. The Kier molecular flexibility index (Phi) is 6.39. The molecule has 0 radical (unpaired) electrons. The lowest BCUT2D eigenvalue weighted by atomic mass is 10.0. The van der Waals surface area contributed by atoms with Crippen molar-refractivity contribution in [2.24, 2.45) is 0 Å². The zero-order chi connectivity index (χ0) is 21.0. The van der Waals surface area contributed by atoms with Crippen molar-refractivity contribution < 1.29 is 14.0 Å². The third-order valence-corrected chi connectivity index (χ3v) is 5.36. The first-order valence-corrected chi connectivity index (χ1v) is 10.6. The van der Waals surface area contributed by atoms with E-state index >= 15 is 0 Å². The van der Waals surface area contributed by atoms with Crippen molar-refractivity contribution in [1.29, 1.82) is 0 Å². The summed E-state index contributed by atoms with van der Waals surface area (Å²) in [5, 5.41) is 10.3. The van der Waals surface area contributed by atoms with Gasteiger partial charge >= 0.3 is 0 Å². The fourth-order valence-corrected chi connectivity index (χ4v) is 3.94. The van der Waals surface area contributed by atoms with Gasteiger partial charge in [-0.15, -0.1) is 16.4 Å². The Morgan fingerprint density at radius 1 is 1.21 bits per heavy atom. The van der Waals surface area contributed by atoms with E-state index in [0.29, 0.717) is 5.56 Å². The van der Waals surface area contributed by atoms with Gasteiger partial charge in [0.25, 0.3) is 5.91 Å². The second-order valence-corrected chi connectivity index (χ2v) is 9.14. The second-order valence-electron chi connectivity index (χ2n) is 7.50. The van der Waals surface area contributed by atoms with E-state index in [-0.39, 0.29) is 18.1 Å². The Hall–Kier alpha value is -2.65. The number of nitrogens with one attached hydrogen (secondary N) is 1. The molecule has 1 atom stereocenters. The molecule has 0 aliphatic heterocycles. The molecule has 3 rings (SSSR count). The van der Waals surface area contributed by atoms with Crippen molar-refractivity contribution in [3.05, 3.63) is 69.1 Å². The number of aromatic nitrogens is 2. The Labute approximate surface area is 176 Å². The van der Waals surface area contributed by atoms with E-state index in [1.165, 1.54) is 40.5 Å². The van der Waals surface area contributed by atoms with Gasteiger partial charge in [0.1, 0.15) is 11.9 Å². The first-order chi connectivity index (χ1) is 13.7. The Balaban J connectivity index is 2.06. The molecule has 0 saturated heterocycles. The van der Waals surface area contributed by atoms with Crippen LogP contribution < -0.4 is 5.32 Å². The summed E-state index contributed by atoms with van der Waals surface area (Å²) in [6, 6.07) is 8.44. The quantitative estimate of drug-likeness (QED) is 0.638. The SMILES string of the molecule is CC(C)(C)NC(=O)C(c1ccc(F)cc1)N(Cc1cccs1)C(=O)c1csnn1. The zero-order valence-corrected chi connectivity index (χ0v) is 17.9. The maximum Gasteiger partial charge on any atom is 0.276 e. The number of thiophene rings is 1. The van der Waals surface area contributed by atoms with Gasteiger partial charge in [0, 0.05) is 15.8 Å². The first kappa shape index (κ1) is 21.1. The molecule has 29 heavy (non-hydrogen) atoms. The molecule has 2 heterocycles. The normalized spacial score (nSPS) is 12.4. The predicted octanol–water partition coefficient (Wildman–Crippen LogP) is 4.04. The minimum atomic E-state index is -0.953. The van der Waals surface area contributed by atoms with E-state index in [0.717, 1.165) is 16.4 Å². The smallest absolute Gasteiger partial charge is 0.276 e. The summed E-state index contributed by atoms with van der Waals surface area (Å²) in [5.74, 6) is -1.17. The molecule has 9 heteroatoms. The largest absolute Gasteiger partial charge is 0.349 e. The summed E-state index contributed by atoms with van der Waals surface area (Å²) in [6.45, 7) is 5.81. The van der Waals surface area contributed by atoms with E-state index in [9.17, 15) is 14.0 Å². The van der Waals surface area contributed by atoms with E-state index < -0.39 is 23.3 Å². The van der Waals surface area contributed by atoms with Gasteiger partial charge in [-0.25, -0.2) is 4.39 Å². The maximum atomic E-state index is 13.5. The maximum absolute atomic E-state index is 13.5. The van der Waals surface area contributed by atoms with Crippen molar-refractivity contribution in [3.8, 4) is 0 Å². The monoisotopic (exact) mass is 432 g/mol. The van der Waals surface area contributed by atoms with Crippen molar-refractivity contribution >= 4 is 34.7 Å². The third kappa shape index (κ3) is 5.45. The van der Waals surface area contributed by atoms with Crippen LogP contribution in [-0.4, -0.2) is 31.8 Å². The molecule has 3 aromatic rings. The summed E-state index contributed by atoms with van der Waals surface area (Å²) < 4.78 is 17.3. The molecule has 0 aliphatic carbocycles. The van der Waals surface area contributed by atoms with E-state index in [1.807, 2.05) is 38.3 Å². The molecule has 0 saturated carbocycles. The number of carbonyl (C=O) groups is 2. The van der Waals surface area contributed by atoms with Crippen LogP contribution in [0.5, 0.6) is 0 Å². The summed E-state index contributed by atoms with van der Waals surface area (Å²) in [7, 11) is 0. The molecule has 0 spiro atoms. The Morgan fingerprint density at radius 2 is 1.93 bits per heavy atom. The second kappa shape index (κ2) is 8.79. The van der Waals surface area contributed by atoms with Gasteiger partial charge < -0.3 is 10.2 Å². The summed E-state index contributed by atoms with van der Waals surface area (Å²) in [4.78, 5) is 28.9. The van der Waals surface area contributed by atoms with Crippen LogP contribution in [0.25, 0.3) is 0 Å². The molecule has 1 unspecified atom stereocenters. The van der Waals surface area contributed by atoms with Gasteiger partial charge in [-0.05, 0) is 61.4 Å². The van der Waals surface area contributed by atoms with E-state index in [4.69, 9.17) is 0 Å². The number of carbonyl (C=O) groups excluding carboxylic acids is 2. The molecular formula is C20H21FN4O2S2. The van der Waals surface area contributed by atoms with Crippen LogP contribution in [0.3, 0.4) is 0 Å². The van der Waals surface area contributed by atoms with Crippen LogP contribution >= 0.6 is 22.9 Å². The van der Waals surface area contributed by atoms with Crippen molar-refractivity contribution in [2.45, 2.75) is 38.9 Å². The lowest BCUT2D eigenvalue weighted by molar-refractivity contribution is -0.127. The zero-order valence-electron chi connectivity index (χ0n) is 16.3. The van der Waals surface area contributed by atoms with E-state index in [2.05, 4.69) is 14.9 Å². The van der Waals surface area contributed by atoms with Crippen LogP contribution in [0, 0.1) is 5.82 Å². The minimum Gasteiger partial charge on any atom is -0.349 e. The highest BCUT2D eigenvalue weighted by molar-refractivity contribution is 7.09. The number of amides is 2. The highest BCUT2D eigenvalue weighted by Gasteiger charge is 2.34. The molecule has 1 aromatic carbocycles. The van der Waals surface area contributed by atoms with Crippen LogP contribution in [0.15, 0.2) is 47.2 Å². The fraction of sp³-hybridized carbons (Fsp3) is 0.300. The lowest BCUT2D eigenvalue weighted by Crippen LogP contribution is -2.49. The van der Waals surface area contributed by atoms with Gasteiger partial charge in [0.15, 0.2) is 5.69 Å². The molecule has 0 aliphatic rings. The topological polar surface area (TPSA) is 75.2 Å². The summed E-state index contributed by atoms with van der Waals surface area (Å²) in [6.07, 6.45) is 0. The minimum absolute atomic E-state index is 0.169. The predicted molar refractivity (Wildman–Crippen MR) is 111 cm³/mol. The number of benzene rings is 1. The standard InChI is InChI=1S/C20H21FN4O2S2/c1-20(2,3)22-18(26)17(13-6-8-14(21)9-7-13)25(11-15-5-4-10-28-15)19(27)16-12-29-24-23-16/h4-10,12,17H,11H2,1-3H3,(H,22,26). The lowest BCUT2D eigenvalue weighted by Gasteiger charge is -2.33. The first-order valence-electron chi connectivity index (χ1n) is 8.92. The van der Waals surface area contributed by atoms with Gasteiger partial charge in [-0.2, -0.15) is 0 Å². The number of hydrogen-bond acceptors (Lipinski definition) is 6. The van der Waals surface area contributed by atoms with Gasteiger partial charge in [-0.3, -0.25) is 9.59 Å². The number of halogens is 1. The molecular weight excluding hydrogens is 411 g/mol. The molecule has 0 fully saturated rings. The molecule has 6 nitrogen and oxygen atoms in total.